The first-order valence-electron chi connectivity index (χ1n) is 9.82. The summed E-state index contributed by atoms with van der Waals surface area (Å²) in [6.45, 7) is 5.03. The largest absolute Gasteiger partial charge is 0.497 e. The zero-order valence-corrected chi connectivity index (χ0v) is 18.3. The van der Waals surface area contributed by atoms with Crippen molar-refractivity contribution in [1.82, 2.24) is 9.78 Å². The van der Waals surface area contributed by atoms with E-state index in [1.807, 2.05) is 30.3 Å². The van der Waals surface area contributed by atoms with Gasteiger partial charge in [0.15, 0.2) is 12.4 Å². The van der Waals surface area contributed by atoms with Crippen LogP contribution in [0.3, 0.4) is 0 Å². The van der Waals surface area contributed by atoms with Gasteiger partial charge in [-0.15, -0.1) is 0 Å². The molecule has 3 aromatic rings. The van der Waals surface area contributed by atoms with Crippen LogP contribution in [0.5, 0.6) is 11.5 Å². The van der Waals surface area contributed by atoms with E-state index < -0.39 is 11.4 Å². The van der Waals surface area contributed by atoms with Gasteiger partial charge in [-0.25, -0.2) is 9.48 Å². The van der Waals surface area contributed by atoms with Gasteiger partial charge >= 0.3 is 5.97 Å². The first-order chi connectivity index (χ1) is 14.7. The summed E-state index contributed by atoms with van der Waals surface area (Å²) in [7, 11) is 3.10. The highest BCUT2D eigenvalue weighted by Crippen LogP contribution is 2.35. The summed E-state index contributed by atoms with van der Waals surface area (Å²) in [4.78, 5) is 25.2. The fourth-order valence-electron chi connectivity index (χ4n) is 2.86. The molecule has 0 aliphatic rings. The number of hydrogen-bond acceptors (Lipinski definition) is 6. The predicted octanol–water partition coefficient (Wildman–Crippen LogP) is 4.33. The van der Waals surface area contributed by atoms with E-state index in [-0.39, 0.29) is 18.0 Å². The quantitative estimate of drug-likeness (QED) is 0.528. The van der Waals surface area contributed by atoms with Crippen molar-refractivity contribution < 1.29 is 23.8 Å². The Bertz CT molecular complexity index is 1080. The number of Topliss-reactive ketones (excluding diaryl/α,β-unsaturated/α-hetero) is 1. The highest BCUT2D eigenvalue weighted by atomic mass is 16.5. The van der Waals surface area contributed by atoms with Gasteiger partial charge in [-0.1, -0.05) is 39.0 Å². The predicted molar refractivity (Wildman–Crippen MR) is 117 cm³/mol. The summed E-state index contributed by atoms with van der Waals surface area (Å²) in [5, 5.41) is 4.63. The minimum Gasteiger partial charge on any atom is -0.497 e. The Morgan fingerprint density at radius 1 is 1.00 bits per heavy atom. The zero-order chi connectivity index (χ0) is 22.6. The number of aromatic nitrogens is 2. The standard InChI is InChI=1S/C24H26N2O5/c1-24(2,3)21(27)15-31-23(28)19-14-26(16-9-7-6-8-10-16)25-22(19)18-13-17(29-4)11-12-20(18)30-5/h6-14H,15H2,1-5H3. The fraction of sp³-hybridized carbons (Fsp3) is 0.292. The molecule has 1 heterocycles. The van der Waals surface area contributed by atoms with Crippen LogP contribution in [0, 0.1) is 5.41 Å². The monoisotopic (exact) mass is 422 g/mol. The first kappa shape index (κ1) is 22.1. The molecule has 0 unspecified atom stereocenters. The van der Waals surface area contributed by atoms with E-state index in [1.54, 1.807) is 64.1 Å². The van der Waals surface area contributed by atoms with Gasteiger partial charge in [-0.2, -0.15) is 5.10 Å². The number of carbonyl (C=O) groups is 2. The van der Waals surface area contributed by atoms with Crippen molar-refractivity contribution in [2.45, 2.75) is 20.8 Å². The van der Waals surface area contributed by atoms with Crippen LogP contribution >= 0.6 is 0 Å². The van der Waals surface area contributed by atoms with Gasteiger partial charge in [0.2, 0.25) is 0 Å². The van der Waals surface area contributed by atoms with Crippen molar-refractivity contribution in [3.8, 4) is 28.4 Å². The third-order valence-corrected chi connectivity index (χ3v) is 4.79. The Morgan fingerprint density at radius 3 is 2.32 bits per heavy atom. The number of ketones is 1. The number of esters is 1. The molecule has 7 nitrogen and oxygen atoms in total. The van der Waals surface area contributed by atoms with E-state index in [0.717, 1.165) is 5.69 Å². The van der Waals surface area contributed by atoms with Crippen molar-refractivity contribution in [2.24, 2.45) is 5.41 Å². The molecule has 31 heavy (non-hydrogen) atoms. The lowest BCUT2D eigenvalue weighted by Crippen LogP contribution is -2.26. The maximum Gasteiger partial charge on any atom is 0.342 e. The number of rotatable bonds is 7. The molecular weight excluding hydrogens is 396 g/mol. The summed E-state index contributed by atoms with van der Waals surface area (Å²) in [5.74, 6) is 0.308. The molecule has 0 N–H and O–H groups in total. The van der Waals surface area contributed by atoms with Crippen LogP contribution < -0.4 is 9.47 Å². The summed E-state index contributed by atoms with van der Waals surface area (Å²) >= 11 is 0. The molecule has 0 spiro atoms. The topological polar surface area (TPSA) is 79.7 Å². The van der Waals surface area contributed by atoms with Gasteiger partial charge < -0.3 is 14.2 Å². The molecule has 2 aromatic carbocycles. The molecule has 0 saturated carbocycles. The maximum absolute atomic E-state index is 13.0. The Balaban J connectivity index is 2.07. The summed E-state index contributed by atoms with van der Waals surface area (Å²) in [6, 6.07) is 14.6. The number of hydrogen-bond donors (Lipinski definition) is 0. The van der Waals surface area contributed by atoms with Crippen LogP contribution in [-0.4, -0.2) is 42.4 Å². The van der Waals surface area contributed by atoms with E-state index in [1.165, 1.54) is 0 Å². The number of para-hydroxylation sites is 1. The van der Waals surface area contributed by atoms with Crippen LogP contribution in [0.25, 0.3) is 16.9 Å². The highest BCUT2D eigenvalue weighted by Gasteiger charge is 2.26. The molecule has 7 heteroatoms. The van der Waals surface area contributed by atoms with Crippen molar-refractivity contribution in [3.05, 3.63) is 60.3 Å². The normalized spacial score (nSPS) is 11.1. The van der Waals surface area contributed by atoms with Gasteiger partial charge in [-0.05, 0) is 30.3 Å². The smallest absolute Gasteiger partial charge is 0.342 e. The molecule has 0 saturated heterocycles. The number of nitrogens with zero attached hydrogens (tertiary/aromatic N) is 2. The molecule has 0 atom stereocenters. The van der Waals surface area contributed by atoms with Gasteiger partial charge in [-0.3, -0.25) is 4.79 Å². The molecule has 0 amide bonds. The van der Waals surface area contributed by atoms with Crippen LogP contribution in [0.15, 0.2) is 54.7 Å². The zero-order valence-electron chi connectivity index (χ0n) is 18.3. The SMILES string of the molecule is COc1ccc(OC)c(-c2nn(-c3ccccc3)cc2C(=O)OCC(=O)C(C)(C)C)c1. The lowest BCUT2D eigenvalue weighted by atomic mass is 9.91. The van der Waals surface area contributed by atoms with Gasteiger partial charge in [0, 0.05) is 17.2 Å². The lowest BCUT2D eigenvalue weighted by Gasteiger charge is -2.16. The molecular formula is C24H26N2O5. The number of methoxy groups -OCH3 is 2. The molecule has 162 valence electrons. The summed E-state index contributed by atoms with van der Waals surface area (Å²) < 4.78 is 17.8. The van der Waals surface area contributed by atoms with Gasteiger partial charge in [0.1, 0.15) is 22.8 Å². The molecule has 3 rings (SSSR count). The van der Waals surface area contributed by atoms with Crippen molar-refractivity contribution in [2.75, 3.05) is 20.8 Å². The molecule has 0 aliphatic carbocycles. The first-order valence-corrected chi connectivity index (χ1v) is 9.82. The minimum absolute atomic E-state index is 0.170. The van der Waals surface area contributed by atoms with Crippen LogP contribution in [0.1, 0.15) is 31.1 Å². The van der Waals surface area contributed by atoms with E-state index in [2.05, 4.69) is 5.10 Å². The van der Waals surface area contributed by atoms with Crippen LogP contribution in [-0.2, 0) is 9.53 Å². The minimum atomic E-state index is -0.639. The fourth-order valence-corrected chi connectivity index (χ4v) is 2.86. The number of ether oxygens (including phenoxy) is 3. The molecule has 0 fully saturated rings. The lowest BCUT2D eigenvalue weighted by molar-refractivity contribution is -0.129. The van der Waals surface area contributed by atoms with Crippen molar-refractivity contribution in [1.29, 1.82) is 0 Å². The molecule has 0 bridgehead atoms. The van der Waals surface area contributed by atoms with Gasteiger partial charge in [0.25, 0.3) is 0 Å². The highest BCUT2D eigenvalue weighted by molar-refractivity contribution is 5.98. The molecule has 1 aromatic heterocycles. The molecule has 0 radical (unpaired) electrons. The second-order valence-corrected chi connectivity index (χ2v) is 7.99. The van der Waals surface area contributed by atoms with Crippen LogP contribution in [0.4, 0.5) is 0 Å². The Morgan fingerprint density at radius 2 is 1.71 bits per heavy atom. The van der Waals surface area contributed by atoms with E-state index >= 15 is 0 Å². The third-order valence-electron chi connectivity index (χ3n) is 4.79. The second kappa shape index (κ2) is 9.04. The Labute approximate surface area is 181 Å². The maximum atomic E-state index is 13.0. The summed E-state index contributed by atoms with van der Waals surface area (Å²) in [5.41, 5.74) is 1.33. The number of benzene rings is 2. The second-order valence-electron chi connectivity index (χ2n) is 7.99. The average molecular weight is 422 g/mol. The average Bonchev–Trinajstić information content (AvgIpc) is 3.22. The van der Waals surface area contributed by atoms with E-state index in [0.29, 0.717) is 22.8 Å². The van der Waals surface area contributed by atoms with Crippen molar-refractivity contribution >= 4 is 11.8 Å². The Kier molecular flexibility index (Phi) is 6.44. The number of carbonyl (C=O) groups excluding carboxylic acids is 2. The third kappa shape index (κ3) is 4.94. The van der Waals surface area contributed by atoms with Crippen LogP contribution in [0.2, 0.25) is 0 Å². The van der Waals surface area contributed by atoms with E-state index in [9.17, 15) is 9.59 Å². The van der Waals surface area contributed by atoms with Crippen molar-refractivity contribution in [3.63, 3.8) is 0 Å². The van der Waals surface area contributed by atoms with Gasteiger partial charge in [0.05, 0.1) is 19.9 Å². The Hall–Kier alpha value is -3.61. The van der Waals surface area contributed by atoms with E-state index in [4.69, 9.17) is 14.2 Å². The molecule has 0 aliphatic heterocycles. The summed E-state index contributed by atoms with van der Waals surface area (Å²) in [6.07, 6.45) is 1.59.